The number of benzene rings is 1. The number of hydrogen-bond donors (Lipinski definition) is 0. The van der Waals surface area contributed by atoms with Gasteiger partial charge in [-0.05, 0) is 29.8 Å². The van der Waals surface area contributed by atoms with Gasteiger partial charge in [0.05, 0.1) is 11.7 Å². The van der Waals surface area contributed by atoms with Crippen LogP contribution >= 0.6 is 23.4 Å². The molecule has 0 spiro atoms. The van der Waals surface area contributed by atoms with Gasteiger partial charge in [0.15, 0.2) is 5.17 Å². The van der Waals surface area contributed by atoms with Gasteiger partial charge < -0.3 is 4.90 Å². The molecule has 1 saturated heterocycles. The first-order chi connectivity index (χ1) is 10.7. The zero-order chi connectivity index (χ0) is 15.1. The number of halogens is 1. The summed E-state index contributed by atoms with van der Waals surface area (Å²) < 4.78 is 0. The van der Waals surface area contributed by atoms with Crippen molar-refractivity contribution in [2.45, 2.75) is 24.3 Å². The minimum absolute atomic E-state index is 0.0531. The molecule has 4 rings (SSSR count). The van der Waals surface area contributed by atoms with Crippen LogP contribution in [0.5, 0.6) is 0 Å². The first-order valence-corrected chi connectivity index (χ1v) is 8.65. The second-order valence-corrected chi connectivity index (χ2v) is 7.53. The van der Waals surface area contributed by atoms with Crippen LogP contribution in [0.3, 0.4) is 0 Å². The Labute approximate surface area is 139 Å². The SMILES string of the molecule is CC1CN2C(=NC(c3ccccn3)C2c2ccc(Cl)cc2)S1. The number of amidine groups is 1. The second kappa shape index (κ2) is 5.60. The molecule has 0 saturated carbocycles. The number of aliphatic imine (C=N–C) groups is 1. The Balaban J connectivity index is 1.76. The van der Waals surface area contributed by atoms with Gasteiger partial charge in [-0.15, -0.1) is 0 Å². The Bertz CT molecular complexity index is 702. The van der Waals surface area contributed by atoms with Gasteiger partial charge in [-0.2, -0.15) is 0 Å². The molecule has 0 amide bonds. The molecule has 3 unspecified atom stereocenters. The third-order valence-corrected chi connectivity index (χ3v) is 5.45. The molecule has 1 aromatic carbocycles. The van der Waals surface area contributed by atoms with Crippen molar-refractivity contribution in [1.82, 2.24) is 9.88 Å². The molecule has 112 valence electrons. The number of nitrogens with zero attached hydrogens (tertiary/aromatic N) is 3. The number of hydrogen-bond acceptors (Lipinski definition) is 4. The highest BCUT2D eigenvalue weighted by molar-refractivity contribution is 8.14. The maximum Gasteiger partial charge on any atom is 0.160 e. The Morgan fingerprint density at radius 1 is 1.18 bits per heavy atom. The van der Waals surface area contributed by atoms with Crippen LogP contribution in [0.2, 0.25) is 5.02 Å². The number of pyridine rings is 1. The first-order valence-electron chi connectivity index (χ1n) is 7.40. The molecule has 2 aromatic rings. The first kappa shape index (κ1) is 14.1. The lowest BCUT2D eigenvalue weighted by molar-refractivity contribution is 0.321. The largest absolute Gasteiger partial charge is 0.341 e. The van der Waals surface area contributed by atoms with E-state index in [-0.39, 0.29) is 12.1 Å². The third-order valence-electron chi connectivity index (χ3n) is 4.09. The molecule has 22 heavy (non-hydrogen) atoms. The van der Waals surface area contributed by atoms with Gasteiger partial charge in [0, 0.05) is 23.0 Å². The van der Waals surface area contributed by atoms with Crippen LogP contribution < -0.4 is 0 Å². The van der Waals surface area contributed by atoms with E-state index in [4.69, 9.17) is 16.6 Å². The molecule has 1 fully saturated rings. The number of aromatic nitrogens is 1. The summed E-state index contributed by atoms with van der Waals surface area (Å²) in [6.45, 7) is 3.28. The number of rotatable bonds is 2. The summed E-state index contributed by atoms with van der Waals surface area (Å²) in [5.41, 5.74) is 2.27. The minimum atomic E-state index is 0.0531. The molecule has 2 aliphatic heterocycles. The lowest BCUT2D eigenvalue weighted by Gasteiger charge is -2.27. The fourth-order valence-corrected chi connectivity index (χ4v) is 4.36. The highest BCUT2D eigenvalue weighted by atomic mass is 35.5. The van der Waals surface area contributed by atoms with Gasteiger partial charge in [0.1, 0.15) is 6.04 Å². The molecule has 0 radical (unpaired) electrons. The maximum absolute atomic E-state index is 6.05. The van der Waals surface area contributed by atoms with E-state index in [0.717, 1.165) is 22.4 Å². The fourth-order valence-electron chi connectivity index (χ4n) is 3.14. The second-order valence-electron chi connectivity index (χ2n) is 5.69. The number of fused-ring (bicyclic) bond motifs is 1. The average molecular weight is 330 g/mol. The van der Waals surface area contributed by atoms with Crippen molar-refractivity contribution in [3.63, 3.8) is 0 Å². The summed E-state index contributed by atoms with van der Waals surface area (Å²) in [5, 5.41) is 2.49. The molecular formula is C17H16ClN3S. The van der Waals surface area contributed by atoms with Gasteiger partial charge in [0.2, 0.25) is 0 Å². The van der Waals surface area contributed by atoms with Crippen LogP contribution in [-0.2, 0) is 0 Å². The van der Waals surface area contributed by atoms with E-state index < -0.39 is 0 Å². The highest BCUT2D eigenvalue weighted by Gasteiger charge is 2.43. The molecule has 0 N–H and O–H groups in total. The summed E-state index contributed by atoms with van der Waals surface area (Å²) in [5.74, 6) is 0. The smallest absolute Gasteiger partial charge is 0.160 e. The van der Waals surface area contributed by atoms with Crippen LogP contribution in [0.4, 0.5) is 0 Å². The van der Waals surface area contributed by atoms with E-state index in [2.05, 4.69) is 35.0 Å². The van der Waals surface area contributed by atoms with E-state index in [1.54, 1.807) is 0 Å². The zero-order valence-corrected chi connectivity index (χ0v) is 13.8. The normalized spacial score (nSPS) is 26.9. The van der Waals surface area contributed by atoms with E-state index in [1.807, 2.05) is 42.2 Å². The fraction of sp³-hybridized carbons (Fsp3) is 0.294. The van der Waals surface area contributed by atoms with E-state index in [9.17, 15) is 0 Å². The van der Waals surface area contributed by atoms with Gasteiger partial charge in [-0.25, -0.2) is 0 Å². The van der Waals surface area contributed by atoms with E-state index in [1.165, 1.54) is 5.56 Å². The standard InChI is InChI=1S/C17H16ClN3S/c1-11-10-21-16(12-5-7-13(18)8-6-12)15(20-17(21)22-11)14-4-2-3-9-19-14/h2-9,11,15-16H,10H2,1H3. The van der Waals surface area contributed by atoms with Gasteiger partial charge >= 0.3 is 0 Å². The van der Waals surface area contributed by atoms with Gasteiger partial charge in [-0.3, -0.25) is 9.98 Å². The van der Waals surface area contributed by atoms with Crippen LogP contribution in [0.15, 0.2) is 53.7 Å². The van der Waals surface area contributed by atoms with Crippen LogP contribution in [0.25, 0.3) is 0 Å². The molecule has 3 heterocycles. The summed E-state index contributed by atoms with van der Waals surface area (Å²) in [4.78, 5) is 11.9. The molecule has 3 nitrogen and oxygen atoms in total. The summed E-state index contributed by atoms with van der Waals surface area (Å²) >= 11 is 7.91. The minimum Gasteiger partial charge on any atom is -0.341 e. The molecule has 3 atom stereocenters. The van der Waals surface area contributed by atoms with Crippen molar-refractivity contribution in [2.24, 2.45) is 4.99 Å². The lowest BCUT2D eigenvalue weighted by atomic mass is 9.96. The van der Waals surface area contributed by atoms with Gasteiger partial charge in [0.25, 0.3) is 0 Å². The Hall–Kier alpha value is -1.52. The predicted octanol–water partition coefficient (Wildman–Crippen LogP) is 4.32. The van der Waals surface area contributed by atoms with E-state index in [0.29, 0.717) is 5.25 Å². The Morgan fingerprint density at radius 3 is 2.73 bits per heavy atom. The summed E-state index contributed by atoms with van der Waals surface area (Å²) in [6, 6.07) is 14.4. The zero-order valence-electron chi connectivity index (χ0n) is 12.2. The third kappa shape index (κ3) is 2.40. The van der Waals surface area contributed by atoms with Crippen molar-refractivity contribution in [3.05, 3.63) is 64.9 Å². The van der Waals surface area contributed by atoms with Crippen LogP contribution in [0.1, 0.15) is 30.3 Å². The predicted molar refractivity (Wildman–Crippen MR) is 92.4 cm³/mol. The topological polar surface area (TPSA) is 28.5 Å². The number of thioether (sulfide) groups is 1. The van der Waals surface area contributed by atoms with Crippen LogP contribution in [0, 0.1) is 0 Å². The Kier molecular flexibility index (Phi) is 3.59. The summed E-state index contributed by atoms with van der Waals surface area (Å²) in [6.07, 6.45) is 1.84. The van der Waals surface area contributed by atoms with Crippen molar-refractivity contribution in [3.8, 4) is 0 Å². The molecule has 0 bridgehead atoms. The molecule has 0 aliphatic carbocycles. The maximum atomic E-state index is 6.05. The average Bonchev–Trinajstić information content (AvgIpc) is 3.05. The lowest BCUT2D eigenvalue weighted by Crippen LogP contribution is -2.28. The van der Waals surface area contributed by atoms with Crippen molar-refractivity contribution in [1.29, 1.82) is 0 Å². The quantitative estimate of drug-likeness (QED) is 0.821. The van der Waals surface area contributed by atoms with Crippen molar-refractivity contribution in [2.75, 3.05) is 6.54 Å². The Morgan fingerprint density at radius 2 is 2.00 bits per heavy atom. The monoisotopic (exact) mass is 329 g/mol. The molecule has 5 heteroatoms. The van der Waals surface area contributed by atoms with Crippen LogP contribution in [-0.4, -0.2) is 26.8 Å². The molecular weight excluding hydrogens is 314 g/mol. The molecule has 2 aliphatic rings. The van der Waals surface area contributed by atoms with Crippen molar-refractivity contribution >= 4 is 28.5 Å². The van der Waals surface area contributed by atoms with E-state index >= 15 is 0 Å². The van der Waals surface area contributed by atoms with Crippen molar-refractivity contribution < 1.29 is 0 Å². The molecule has 1 aromatic heterocycles. The van der Waals surface area contributed by atoms with Gasteiger partial charge in [-0.1, -0.05) is 48.5 Å². The summed E-state index contributed by atoms with van der Waals surface area (Å²) in [7, 11) is 0. The highest BCUT2D eigenvalue weighted by Crippen LogP contribution is 2.47.